The van der Waals surface area contributed by atoms with Gasteiger partial charge in [0, 0.05) is 7.05 Å². The monoisotopic (exact) mass is 210 g/mol. The Labute approximate surface area is 90.0 Å². The van der Waals surface area contributed by atoms with Gasteiger partial charge in [0.05, 0.1) is 24.0 Å². The van der Waals surface area contributed by atoms with Crippen molar-refractivity contribution in [2.75, 3.05) is 17.7 Å². The number of hydrogen-bond acceptors (Lipinski definition) is 5. The number of rotatable bonds is 4. The normalized spacial score (nSPS) is 13.4. The largest absolute Gasteiger partial charge is 0.391 e. The van der Waals surface area contributed by atoms with Crippen LogP contribution in [0, 0.1) is 0 Å². The maximum absolute atomic E-state index is 9.54. The summed E-state index contributed by atoms with van der Waals surface area (Å²) < 4.78 is 0. The van der Waals surface area contributed by atoms with E-state index in [-0.39, 0.29) is 0 Å². The van der Waals surface area contributed by atoms with Crippen molar-refractivity contribution >= 4 is 11.6 Å². The molecule has 1 atom stereocenters. The molecule has 5 heteroatoms. The first-order valence-corrected chi connectivity index (χ1v) is 4.92. The molecule has 0 radical (unpaired) electrons. The molecular formula is C10H18N4O. The molecule has 1 rings (SSSR count). The molecule has 1 heterocycles. The molecule has 0 fully saturated rings. The highest BCUT2D eigenvalue weighted by atomic mass is 16.3. The van der Waals surface area contributed by atoms with Gasteiger partial charge in [0.25, 0.3) is 0 Å². The molecule has 0 saturated heterocycles. The quantitative estimate of drug-likeness (QED) is 0.694. The minimum Gasteiger partial charge on any atom is -0.391 e. The van der Waals surface area contributed by atoms with Crippen LogP contribution in [0.1, 0.15) is 20.8 Å². The molecule has 1 unspecified atom stereocenters. The van der Waals surface area contributed by atoms with Gasteiger partial charge < -0.3 is 15.7 Å². The fraction of sp³-hybridized carbons (Fsp3) is 0.600. The lowest BCUT2D eigenvalue weighted by Crippen LogP contribution is -2.42. The lowest BCUT2D eigenvalue weighted by atomic mass is 9.99. The maximum Gasteiger partial charge on any atom is 0.147 e. The maximum atomic E-state index is 9.54. The highest BCUT2D eigenvalue weighted by Crippen LogP contribution is 2.16. The van der Waals surface area contributed by atoms with Gasteiger partial charge in [-0.1, -0.05) is 0 Å². The zero-order valence-corrected chi connectivity index (χ0v) is 9.57. The van der Waals surface area contributed by atoms with Gasteiger partial charge in [0.15, 0.2) is 0 Å². The number of anilines is 2. The van der Waals surface area contributed by atoms with Crippen LogP contribution in [0.4, 0.5) is 11.6 Å². The van der Waals surface area contributed by atoms with E-state index in [1.54, 1.807) is 26.4 Å². The Morgan fingerprint density at radius 1 is 1.33 bits per heavy atom. The van der Waals surface area contributed by atoms with Crippen LogP contribution in [0.5, 0.6) is 0 Å². The van der Waals surface area contributed by atoms with E-state index in [1.807, 2.05) is 13.8 Å². The van der Waals surface area contributed by atoms with Crippen molar-refractivity contribution in [2.45, 2.75) is 32.4 Å². The Morgan fingerprint density at radius 3 is 2.47 bits per heavy atom. The van der Waals surface area contributed by atoms with Crippen molar-refractivity contribution in [3.63, 3.8) is 0 Å². The molecule has 0 amide bonds. The third-order valence-corrected chi connectivity index (χ3v) is 2.39. The van der Waals surface area contributed by atoms with Crippen molar-refractivity contribution < 1.29 is 5.11 Å². The molecule has 0 aliphatic heterocycles. The molecular weight excluding hydrogens is 192 g/mol. The summed E-state index contributed by atoms with van der Waals surface area (Å²) in [6, 6.07) is 0. The summed E-state index contributed by atoms with van der Waals surface area (Å²) in [6.45, 7) is 5.55. The fourth-order valence-corrected chi connectivity index (χ4v) is 0.981. The topological polar surface area (TPSA) is 70.1 Å². The molecule has 84 valence electrons. The van der Waals surface area contributed by atoms with Gasteiger partial charge in [-0.2, -0.15) is 0 Å². The van der Waals surface area contributed by atoms with Gasteiger partial charge in [0.2, 0.25) is 0 Å². The van der Waals surface area contributed by atoms with Gasteiger partial charge >= 0.3 is 0 Å². The summed E-state index contributed by atoms with van der Waals surface area (Å²) in [5, 5.41) is 15.6. The molecule has 15 heavy (non-hydrogen) atoms. The standard InChI is InChI=1S/C10H18N4O/c1-7(15)10(2,3)14-9-6-12-5-8(11-4)13-9/h5-7,15H,1-4H3,(H2,11,13,14). The second kappa shape index (κ2) is 4.44. The Balaban J connectivity index is 2.80. The predicted molar refractivity (Wildman–Crippen MR) is 61.0 cm³/mol. The van der Waals surface area contributed by atoms with Crippen LogP contribution in [0.25, 0.3) is 0 Å². The molecule has 0 spiro atoms. The molecule has 0 saturated carbocycles. The van der Waals surface area contributed by atoms with Crippen molar-refractivity contribution in [2.24, 2.45) is 0 Å². The lowest BCUT2D eigenvalue weighted by molar-refractivity contribution is 0.133. The molecule has 1 aromatic heterocycles. The lowest BCUT2D eigenvalue weighted by Gasteiger charge is -2.29. The summed E-state index contributed by atoms with van der Waals surface area (Å²) in [4.78, 5) is 8.29. The first-order chi connectivity index (χ1) is 6.95. The first-order valence-electron chi connectivity index (χ1n) is 4.92. The summed E-state index contributed by atoms with van der Waals surface area (Å²) >= 11 is 0. The van der Waals surface area contributed by atoms with Gasteiger partial charge in [-0.05, 0) is 20.8 Å². The van der Waals surface area contributed by atoms with Crippen LogP contribution in [0.15, 0.2) is 12.4 Å². The Bertz CT molecular complexity index is 325. The summed E-state index contributed by atoms with van der Waals surface area (Å²) in [6.07, 6.45) is 2.79. The fourth-order valence-electron chi connectivity index (χ4n) is 0.981. The SMILES string of the molecule is CNc1cncc(NC(C)(C)C(C)O)n1. The van der Waals surface area contributed by atoms with E-state index >= 15 is 0 Å². The van der Waals surface area contributed by atoms with Crippen molar-refractivity contribution in [3.8, 4) is 0 Å². The average molecular weight is 210 g/mol. The van der Waals surface area contributed by atoms with E-state index in [2.05, 4.69) is 20.6 Å². The molecule has 0 bridgehead atoms. The number of nitrogens with one attached hydrogen (secondary N) is 2. The Kier molecular flexibility index (Phi) is 3.47. The number of aliphatic hydroxyl groups excluding tert-OH is 1. The van der Waals surface area contributed by atoms with Crippen molar-refractivity contribution in [1.82, 2.24) is 9.97 Å². The minimum atomic E-state index is -0.474. The molecule has 0 aromatic carbocycles. The van der Waals surface area contributed by atoms with Gasteiger partial charge in [-0.3, -0.25) is 4.98 Å². The van der Waals surface area contributed by atoms with Crippen LogP contribution in [-0.4, -0.2) is 33.8 Å². The molecule has 3 N–H and O–H groups in total. The van der Waals surface area contributed by atoms with E-state index in [9.17, 15) is 5.11 Å². The second-order valence-electron chi connectivity index (χ2n) is 4.06. The zero-order valence-electron chi connectivity index (χ0n) is 9.57. The van der Waals surface area contributed by atoms with Crippen LogP contribution in [0.3, 0.4) is 0 Å². The third-order valence-electron chi connectivity index (χ3n) is 2.39. The van der Waals surface area contributed by atoms with E-state index in [1.165, 1.54) is 0 Å². The summed E-state index contributed by atoms with van der Waals surface area (Å²) in [5.41, 5.74) is -0.430. The molecule has 0 aliphatic rings. The number of aromatic nitrogens is 2. The number of aliphatic hydroxyl groups is 1. The number of hydrogen-bond donors (Lipinski definition) is 3. The average Bonchev–Trinajstić information content (AvgIpc) is 2.17. The summed E-state index contributed by atoms with van der Waals surface area (Å²) in [7, 11) is 1.79. The minimum absolute atomic E-state index is 0.430. The first kappa shape index (κ1) is 11.7. The molecule has 1 aromatic rings. The summed E-state index contributed by atoms with van der Waals surface area (Å²) in [5.74, 6) is 1.34. The Morgan fingerprint density at radius 2 is 1.93 bits per heavy atom. The van der Waals surface area contributed by atoms with Crippen LogP contribution in [0.2, 0.25) is 0 Å². The van der Waals surface area contributed by atoms with Crippen molar-refractivity contribution in [1.29, 1.82) is 0 Å². The molecule has 0 aliphatic carbocycles. The smallest absolute Gasteiger partial charge is 0.147 e. The molecule has 5 nitrogen and oxygen atoms in total. The second-order valence-corrected chi connectivity index (χ2v) is 4.06. The zero-order chi connectivity index (χ0) is 11.5. The van der Waals surface area contributed by atoms with E-state index in [0.29, 0.717) is 11.6 Å². The van der Waals surface area contributed by atoms with Crippen LogP contribution < -0.4 is 10.6 Å². The Hall–Kier alpha value is -1.36. The van der Waals surface area contributed by atoms with E-state index < -0.39 is 11.6 Å². The van der Waals surface area contributed by atoms with Crippen LogP contribution in [-0.2, 0) is 0 Å². The predicted octanol–water partition coefficient (Wildman–Crippen LogP) is 1.09. The highest BCUT2D eigenvalue weighted by Gasteiger charge is 2.24. The van der Waals surface area contributed by atoms with Gasteiger partial charge in [0.1, 0.15) is 11.6 Å². The van der Waals surface area contributed by atoms with Crippen molar-refractivity contribution in [3.05, 3.63) is 12.4 Å². The van der Waals surface area contributed by atoms with Crippen LogP contribution >= 0.6 is 0 Å². The van der Waals surface area contributed by atoms with Gasteiger partial charge in [-0.25, -0.2) is 4.98 Å². The van der Waals surface area contributed by atoms with E-state index in [0.717, 1.165) is 0 Å². The third kappa shape index (κ3) is 3.06. The highest BCUT2D eigenvalue weighted by molar-refractivity contribution is 5.42. The number of nitrogens with zero attached hydrogens (tertiary/aromatic N) is 2. The van der Waals surface area contributed by atoms with Gasteiger partial charge in [-0.15, -0.1) is 0 Å². The van der Waals surface area contributed by atoms with E-state index in [4.69, 9.17) is 0 Å².